The van der Waals surface area contributed by atoms with E-state index in [2.05, 4.69) is 10.3 Å². The van der Waals surface area contributed by atoms with Crippen molar-refractivity contribution in [3.05, 3.63) is 39.8 Å². The first-order valence-corrected chi connectivity index (χ1v) is 8.64. The van der Waals surface area contributed by atoms with Crippen molar-refractivity contribution in [3.8, 4) is 17.2 Å². The van der Waals surface area contributed by atoms with Gasteiger partial charge in [0.25, 0.3) is 0 Å². The van der Waals surface area contributed by atoms with Crippen LogP contribution in [0.2, 0.25) is 10.0 Å². The lowest BCUT2D eigenvalue weighted by molar-refractivity contribution is -0.138. The van der Waals surface area contributed by atoms with E-state index < -0.39 is 23.0 Å². The summed E-state index contributed by atoms with van der Waals surface area (Å²) in [6, 6.07) is 3.25. The molecule has 0 amide bonds. The predicted molar refractivity (Wildman–Crippen MR) is 101 cm³/mol. The number of nitrogens with zero attached hydrogens (tertiary/aromatic N) is 1. The molecule has 1 aromatic heterocycles. The molecule has 0 spiro atoms. The number of benzene rings is 1. The van der Waals surface area contributed by atoms with Gasteiger partial charge in [-0.25, -0.2) is 0 Å². The van der Waals surface area contributed by atoms with Gasteiger partial charge in [0.05, 0.1) is 0 Å². The maximum atomic E-state index is 14.1. The molecule has 0 aliphatic heterocycles. The summed E-state index contributed by atoms with van der Waals surface area (Å²) in [5.41, 5.74) is 6.02. The number of carbonyl (C=O) groups is 1. The second-order valence-electron chi connectivity index (χ2n) is 6.01. The number of aromatic hydroxyl groups is 1. The Morgan fingerprint density at radius 3 is 2.63 bits per heavy atom. The standard InChI is InChI=1S/C17H18Cl2FN3O4/c1-7(2)9-5-8(3-4-11(9)24)27-14-12(18)15(20)23-16(13(14)19)22-6-10(21)17(25)26/h3-5,7,10,24H,6,21H2,1-2H3,(H,22,23)(H,25,26)/t10-/m1/s1. The summed E-state index contributed by atoms with van der Waals surface area (Å²) >= 11 is 12.1. The Hall–Kier alpha value is -2.29. The molecule has 27 heavy (non-hydrogen) atoms. The highest BCUT2D eigenvalue weighted by Crippen LogP contribution is 2.42. The number of halogens is 3. The van der Waals surface area contributed by atoms with Crippen molar-refractivity contribution in [3.63, 3.8) is 0 Å². The number of rotatable bonds is 7. The van der Waals surface area contributed by atoms with Crippen LogP contribution in [0.25, 0.3) is 0 Å². The maximum absolute atomic E-state index is 14.1. The summed E-state index contributed by atoms with van der Waals surface area (Å²) in [5, 5.41) is 20.7. The van der Waals surface area contributed by atoms with Gasteiger partial charge < -0.3 is 26.0 Å². The summed E-state index contributed by atoms with van der Waals surface area (Å²) in [6.45, 7) is 3.54. The van der Waals surface area contributed by atoms with E-state index in [9.17, 15) is 14.3 Å². The first kappa shape index (κ1) is 21.0. The second kappa shape index (κ2) is 8.60. The Morgan fingerprint density at radius 2 is 2.04 bits per heavy atom. The minimum atomic E-state index is -1.24. The van der Waals surface area contributed by atoms with Crippen LogP contribution in [0.3, 0.4) is 0 Å². The fourth-order valence-corrected chi connectivity index (χ4v) is 2.64. The molecule has 10 heteroatoms. The molecule has 0 bridgehead atoms. The molecule has 5 N–H and O–H groups in total. The molecule has 0 saturated heterocycles. The number of anilines is 1. The number of aromatic nitrogens is 1. The molecular weight excluding hydrogens is 400 g/mol. The average molecular weight is 418 g/mol. The highest BCUT2D eigenvalue weighted by atomic mass is 35.5. The molecule has 2 aromatic rings. The van der Waals surface area contributed by atoms with Crippen molar-refractivity contribution in [1.29, 1.82) is 0 Å². The van der Waals surface area contributed by atoms with Crippen molar-refractivity contribution in [2.45, 2.75) is 25.8 Å². The van der Waals surface area contributed by atoms with Gasteiger partial charge >= 0.3 is 5.97 Å². The molecular formula is C17H18Cl2FN3O4. The molecule has 1 aromatic carbocycles. The van der Waals surface area contributed by atoms with Gasteiger partial charge in [-0.1, -0.05) is 37.0 Å². The minimum absolute atomic E-state index is 0.0170. The number of carboxylic acid groups (broad SMARTS) is 1. The highest BCUT2D eigenvalue weighted by molar-refractivity contribution is 6.38. The van der Waals surface area contributed by atoms with Crippen LogP contribution in [0.4, 0.5) is 10.2 Å². The molecule has 0 unspecified atom stereocenters. The highest BCUT2D eigenvalue weighted by Gasteiger charge is 2.21. The van der Waals surface area contributed by atoms with E-state index in [-0.39, 0.29) is 40.6 Å². The van der Waals surface area contributed by atoms with Crippen molar-refractivity contribution in [1.82, 2.24) is 4.98 Å². The van der Waals surface area contributed by atoms with Crippen LogP contribution in [-0.2, 0) is 4.79 Å². The van der Waals surface area contributed by atoms with E-state index in [0.29, 0.717) is 5.56 Å². The van der Waals surface area contributed by atoms with Gasteiger partial charge in [-0.15, -0.1) is 0 Å². The van der Waals surface area contributed by atoms with Gasteiger partial charge in [-0.05, 0) is 24.1 Å². The number of aliphatic carboxylic acids is 1. The normalized spacial score (nSPS) is 12.1. The van der Waals surface area contributed by atoms with Crippen molar-refractivity contribution in [2.75, 3.05) is 11.9 Å². The third kappa shape index (κ3) is 4.91. The Balaban J connectivity index is 2.36. The van der Waals surface area contributed by atoms with E-state index in [0.717, 1.165) is 0 Å². The number of phenols is 1. The number of pyridine rings is 1. The zero-order valence-electron chi connectivity index (χ0n) is 14.5. The van der Waals surface area contributed by atoms with Gasteiger partial charge in [-0.3, -0.25) is 4.79 Å². The second-order valence-corrected chi connectivity index (χ2v) is 6.77. The zero-order chi connectivity index (χ0) is 20.3. The number of hydrogen-bond acceptors (Lipinski definition) is 6. The molecule has 0 fully saturated rings. The number of ether oxygens (including phenoxy) is 1. The summed E-state index contributed by atoms with van der Waals surface area (Å²) in [7, 11) is 0. The largest absolute Gasteiger partial charge is 0.508 e. The third-order valence-electron chi connectivity index (χ3n) is 3.65. The first-order chi connectivity index (χ1) is 12.6. The molecule has 0 radical (unpaired) electrons. The van der Waals surface area contributed by atoms with Crippen LogP contribution >= 0.6 is 23.2 Å². The van der Waals surface area contributed by atoms with E-state index in [4.69, 9.17) is 38.8 Å². The molecule has 0 saturated carbocycles. The lowest BCUT2D eigenvalue weighted by Crippen LogP contribution is -2.37. The zero-order valence-corrected chi connectivity index (χ0v) is 16.0. The lowest BCUT2D eigenvalue weighted by Gasteiger charge is -2.16. The van der Waals surface area contributed by atoms with E-state index in [1.807, 2.05) is 13.8 Å². The molecule has 2 rings (SSSR count). The van der Waals surface area contributed by atoms with Gasteiger partial charge in [0.1, 0.15) is 27.6 Å². The third-order valence-corrected chi connectivity index (χ3v) is 4.32. The number of hydrogen-bond donors (Lipinski definition) is 4. The number of phenolic OH excluding ortho intramolecular Hbond substituents is 1. The van der Waals surface area contributed by atoms with Crippen LogP contribution in [0.15, 0.2) is 18.2 Å². The predicted octanol–water partition coefficient (Wildman–Crippen LogP) is 3.97. The van der Waals surface area contributed by atoms with Crippen molar-refractivity contribution >= 4 is 35.0 Å². The maximum Gasteiger partial charge on any atom is 0.322 e. The van der Waals surface area contributed by atoms with Gasteiger partial charge in [0.2, 0.25) is 5.95 Å². The molecule has 7 nitrogen and oxygen atoms in total. The smallest absolute Gasteiger partial charge is 0.322 e. The molecule has 0 aliphatic carbocycles. The SMILES string of the molecule is CC(C)c1cc(Oc2c(Cl)c(F)nc(NC[C@@H](N)C(=O)O)c2Cl)ccc1O. The average Bonchev–Trinajstić information content (AvgIpc) is 2.61. The number of carboxylic acids is 1. The number of nitrogens with two attached hydrogens (primary N) is 1. The van der Waals surface area contributed by atoms with Crippen molar-refractivity contribution < 1.29 is 24.1 Å². The van der Waals surface area contributed by atoms with Crippen LogP contribution in [0.5, 0.6) is 17.2 Å². The van der Waals surface area contributed by atoms with E-state index in [1.54, 1.807) is 6.07 Å². The Labute approximate surface area is 164 Å². The van der Waals surface area contributed by atoms with Gasteiger partial charge in [0, 0.05) is 12.1 Å². The van der Waals surface area contributed by atoms with Gasteiger partial charge in [0.15, 0.2) is 11.6 Å². The topological polar surface area (TPSA) is 118 Å². The fourth-order valence-electron chi connectivity index (χ4n) is 2.17. The molecule has 1 heterocycles. The summed E-state index contributed by atoms with van der Waals surface area (Å²) in [4.78, 5) is 14.3. The van der Waals surface area contributed by atoms with E-state index >= 15 is 0 Å². The van der Waals surface area contributed by atoms with Crippen LogP contribution in [0, 0.1) is 5.95 Å². The summed E-state index contributed by atoms with van der Waals surface area (Å²) < 4.78 is 19.7. The molecule has 1 atom stereocenters. The van der Waals surface area contributed by atoms with E-state index in [1.165, 1.54) is 12.1 Å². The summed E-state index contributed by atoms with van der Waals surface area (Å²) in [5.74, 6) is -2.26. The minimum Gasteiger partial charge on any atom is -0.508 e. The molecule has 0 aliphatic rings. The van der Waals surface area contributed by atoms with Crippen LogP contribution in [-0.4, -0.2) is 33.8 Å². The Kier molecular flexibility index (Phi) is 6.69. The Morgan fingerprint density at radius 1 is 1.37 bits per heavy atom. The quantitative estimate of drug-likeness (QED) is 0.503. The monoisotopic (exact) mass is 417 g/mol. The van der Waals surface area contributed by atoms with Crippen LogP contribution < -0.4 is 15.8 Å². The summed E-state index contributed by atoms with van der Waals surface area (Å²) in [6.07, 6.45) is 0. The molecule has 146 valence electrons. The number of nitrogens with one attached hydrogen (secondary N) is 1. The fraction of sp³-hybridized carbons (Fsp3) is 0.294. The Bertz CT molecular complexity index is 865. The first-order valence-electron chi connectivity index (χ1n) is 7.89. The lowest BCUT2D eigenvalue weighted by atomic mass is 10.0. The van der Waals surface area contributed by atoms with Crippen molar-refractivity contribution in [2.24, 2.45) is 5.73 Å². The van der Waals surface area contributed by atoms with Crippen LogP contribution in [0.1, 0.15) is 25.3 Å². The van der Waals surface area contributed by atoms with Gasteiger partial charge in [-0.2, -0.15) is 9.37 Å².